The van der Waals surface area contributed by atoms with E-state index in [1.54, 1.807) is 41.2 Å². The van der Waals surface area contributed by atoms with Crippen LogP contribution in [0.5, 0.6) is 5.75 Å². The van der Waals surface area contributed by atoms with Gasteiger partial charge in [-0.05, 0) is 42.0 Å². The Balaban J connectivity index is 1.49. The fourth-order valence-corrected chi connectivity index (χ4v) is 3.85. The van der Waals surface area contributed by atoms with Gasteiger partial charge in [-0.2, -0.15) is 5.10 Å². The molecule has 2 aromatic heterocycles. The molecule has 8 heteroatoms. The molecule has 0 saturated carbocycles. The number of aryl methyl sites for hydroxylation is 1. The third-order valence-electron chi connectivity index (χ3n) is 4.14. The fraction of sp³-hybridized carbons (Fsp3) is 0.235. The first kappa shape index (κ1) is 15.9. The van der Waals surface area contributed by atoms with Gasteiger partial charge < -0.3 is 9.15 Å². The Morgan fingerprint density at radius 3 is 2.92 bits per heavy atom. The molecule has 3 heterocycles. The molecule has 0 amide bonds. The Bertz CT molecular complexity index is 1020. The average Bonchev–Trinajstić information content (AvgIpc) is 3.32. The van der Waals surface area contributed by atoms with Gasteiger partial charge in [0.05, 0.1) is 18.0 Å². The van der Waals surface area contributed by atoms with Crippen LogP contribution in [-0.4, -0.2) is 24.8 Å². The van der Waals surface area contributed by atoms with Gasteiger partial charge in [-0.25, -0.2) is 13.1 Å². The smallest absolute Gasteiger partial charge is 0.240 e. The number of furan rings is 1. The van der Waals surface area contributed by atoms with Crippen molar-refractivity contribution in [1.29, 1.82) is 0 Å². The number of nitrogens with one attached hydrogen (secondary N) is 1. The normalized spacial score (nSPS) is 13.6. The van der Waals surface area contributed by atoms with Crippen molar-refractivity contribution < 1.29 is 17.6 Å². The summed E-state index contributed by atoms with van der Waals surface area (Å²) < 4.78 is 40.4. The summed E-state index contributed by atoms with van der Waals surface area (Å²) in [6, 6.07) is 10.3. The lowest BCUT2D eigenvalue weighted by Gasteiger charge is -2.07. The van der Waals surface area contributed by atoms with Crippen molar-refractivity contribution in [3.05, 3.63) is 53.9 Å². The molecule has 1 aliphatic heterocycles. The Morgan fingerprint density at radius 2 is 2.12 bits per heavy atom. The van der Waals surface area contributed by atoms with Crippen molar-refractivity contribution in [1.82, 2.24) is 14.5 Å². The van der Waals surface area contributed by atoms with Crippen molar-refractivity contribution >= 4 is 10.0 Å². The second-order valence-corrected chi connectivity index (χ2v) is 7.57. The van der Waals surface area contributed by atoms with Crippen LogP contribution in [0, 0.1) is 0 Å². The number of fused-ring (bicyclic) bond motifs is 1. The molecule has 0 atom stereocenters. The van der Waals surface area contributed by atoms with Gasteiger partial charge >= 0.3 is 0 Å². The highest BCUT2D eigenvalue weighted by Gasteiger charge is 2.19. The van der Waals surface area contributed by atoms with Crippen molar-refractivity contribution in [2.75, 3.05) is 6.61 Å². The number of rotatable bonds is 5. The molecule has 130 valence electrons. The van der Waals surface area contributed by atoms with Gasteiger partial charge in [-0.15, -0.1) is 0 Å². The van der Waals surface area contributed by atoms with Crippen molar-refractivity contribution in [3.8, 4) is 17.2 Å². The molecule has 0 fully saturated rings. The number of aromatic nitrogens is 2. The van der Waals surface area contributed by atoms with E-state index < -0.39 is 10.0 Å². The molecule has 1 aromatic carbocycles. The van der Waals surface area contributed by atoms with Gasteiger partial charge in [-0.1, -0.05) is 0 Å². The highest BCUT2D eigenvalue weighted by molar-refractivity contribution is 7.89. The monoisotopic (exact) mass is 359 g/mol. The van der Waals surface area contributed by atoms with E-state index in [0.717, 1.165) is 23.4 Å². The van der Waals surface area contributed by atoms with E-state index in [2.05, 4.69) is 9.82 Å². The third-order valence-corrected chi connectivity index (χ3v) is 5.54. The SMILES string of the molecule is Cn1nccc1-c1ccc(CNS(=O)(=O)c2ccc3c(c2)CCO3)o1. The van der Waals surface area contributed by atoms with Gasteiger partial charge in [0, 0.05) is 19.7 Å². The first-order valence-electron chi connectivity index (χ1n) is 7.85. The Kier molecular flexibility index (Phi) is 3.85. The standard InChI is InChI=1S/C17H17N3O4S/c1-20-15(6-8-18-20)17-4-2-13(24-17)11-19-25(21,22)14-3-5-16-12(10-14)7-9-23-16/h2-6,8,10,19H,7,9,11H2,1H3. The summed E-state index contributed by atoms with van der Waals surface area (Å²) >= 11 is 0. The van der Waals surface area contributed by atoms with Crippen molar-refractivity contribution in [3.63, 3.8) is 0 Å². The summed E-state index contributed by atoms with van der Waals surface area (Å²) in [7, 11) is -1.80. The Hall–Kier alpha value is -2.58. The topological polar surface area (TPSA) is 86.4 Å². The molecule has 0 radical (unpaired) electrons. The predicted octanol–water partition coefficient (Wildman–Crippen LogP) is 2.09. The third kappa shape index (κ3) is 3.06. The van der Waals surface area contributed by atoms with Crippen LogP contribution in [0.3, 0.4) is 0 Å². The van der Waals surface area contributed by atoms with Crippen LogP contribution >= 0.6 is 0 Å². The van der Waals surface area contributed by atoms with Crippen LogP contribution in [-0.2, 0) is 30.0 Å². The Morgan fingerprint density at radius 1 is 1.24 bits per heavy atom. The number of hydrogen-bond acceptors (Lipinski definition) is 5. The molecular formula is C17H17N3O4S. The van der Waals surface area contributed by atoms with E-state index in [0.29, 0.717) is 18.1 Å². The lowest BCUT2D eigenvalue weighted by atomic mass is 10.2. The molecule has 0 unspecified atom stereocenters. The summed E-state index contributed by atoms with van der Waals surface area (Å²) in [6.45, 7) is 0.670. The zero-order valence-corrected chi connectivity index (χ0v) is 14.4. The van der Waals surface area contributed by atoms with E-state index >= 15 is 0 Å². The second kappa shape index (κ2) is 6.05. The molecule has 3 aromatic rings. The lowest BCUT2D eigenvalue weighted by Crippen LogP contribution is -2.23. The van der Waals surface area contributed by atoms with E-state index in [9.17, 15) is 8.42 Å². The minimum absolute atomic E-state index is 0.0772. The first-order chi connectivity index (χ1) is 12.0. The van der Waals surface area contributed by atoms with Crippen LogP contribution in [0.4, 0.5) is 0 Å². The highest BCUT2D eigenvalue weighted by atomic mass is 32.2. The molecule has 0 bridgehead atoms. The number of benzene rings is 1. The average molecular weight is 359 g/mol. The summed E-state index contributed by atoms with van der Waals surface area (Å²) in [5.41, 5.74) is 1.74. The summed E-state index contributed by atoms with van der Waals surface area (Å²) in [5, 5.41) is 4.09. The van der Waals surface area contributed by atoms with E-state index in [1.807, 2.05) is 13.1 Å². The van der Waals surface area contributed by atoms with Crippen LogP contribution in [0.15, 0.2) is 51.9 Å². The maximum atomic E-state index is 12.5. The maximum absolute atomic E-state index is 12.5. The summed E-state index contributed by atoms with van der Waals surface area (Å²) in [5.74, 6) is 1.93. The number of nitrogens with zero attached hydrogens (tertiary/aromatic N) is 2. The molecule has 1 N–H and O–H groups in total. The lowest BCUT2D eigenvalue weighted by molar-refractivity contribution is 0.356. The summed E-state index contributed by atoms with van der Waals surface area (Å²) in [6.07, 6.45) is 2.41. The number of ether oxygens (including phenoxy) is 1. The van der Waals surface area contributed by atoms with Crippen molar-refractivity contribution in [2.45, 2.75) is 17.9 Å². The van der Waals surface area contributed by atoms with Gasteiger partial charge in [0.15, 0.2) is 5.76 Å². The van der Waals surface area contributed by atoms with E-state index in [-0.39, 0.29) is 11.4 Å². The Labute approximate surface area is 145 Å². The number of hydrogen-bond donors (Lipinski definition) is 1. The fourth-order valence-electron chi connectivity index (χ4n) is 2.81. The van der Waals surface area contributed by atoms with E-state index in [1.165, 1.54) is 0 Å². The number of sulfonamides is 1. The van der Waals surface area contributed by atoms with E-state index in [4.69, 9.17) is 9.15 Å². The molecule has 0 aliphatic carbocycles. The zero-order valence-electron chi connectivity index (χ0n) is 13.6. The molecule has 25 heavy (non-hydrogen) atoms. The van der Waals surface area contributed by atoms with Gasteiger partial charge in [-0.3, -0.25) is 4.68 Å². The second-order valence-electron chi connectivity index (χ2n) is 5.80. The van der Waals surface area contributed by atoms with Crippen LogP contribution in [0.2, 0.25) is 0 Å². The zero-order chi connectivity index (χ0) is 17.4. The van der Waals surface area contributed by atoms with Gasteiger partial charge in [0.1, 0.15) is 17.2 Å². The molecule has 0 spiro atoms. The largest absolute Gasteiger partial charge is 0.493 e. The quantitative estimate of drug-likeness (QED) is 0.754. The maximum Gasteiger partial charge on any atom is 0.240 e. The summed E-state index contributed by atoms with van der Waals surface area (Å²) in [4.78, 5) is 0.232. The molecule has 7 nitrogen and oxygen atoms in total. The molecule has 1 aliphatic rings. The van der Waals surface area contributed by atoms with Crippen LogP contribution in [0.25, 0.3) is 11.5 Å². The van der Waals surface area contributed by atoms with Crippen LogP contribution < -0.4 is 9.46 Å². The minimum Gasteiger partial charge on any atom is -0.493 e. The predicted molar refractivity (Wildman–Crippen MR) is 90.6 cm³/mol. The molecule has 4 rings (SSSR count). The molecule has 0 saturated heterocycles. The van der Waals surface area contributed by atoms with Gasteiger partial charge in [0.2, 0.25) is 10.0 Å². The van der Waals surface area contributed by atoms with Crippen LogP contribution in [0.1, 0.15) is 11.3 Å². The first-order valence-corrected chi connectivity index (χ1v) is 9.34. The minimum atomic E-state index is -3.62. The van der Waals surface area contributed by atoms with Gasteiger partial charge in [0.25, 0.3) is 0 Å². The van der Waals surface area contributed by atoms with Crippen molar-refractivity contribution in [2.24, 2.45) is 7.05 Å². The molecular weight excluding hydrogens is 342 g/mol. The highest BCUT2D eigenvalue weighted by Crippen LogP contribution is 2.27.